The average Bonchev–Trinajstić information content (AvgIpc) is 3.19. The first-order valence-corrected chi connectivity index (χ1v) is 9.28. The van der Waals surface area contributed by atoms with E-state index in [1.165, 1.54) is 32.4 Å². The molecular formula is C16H26N4OS. The Balaban J connectivity index is 1.43. The zero-order chi connectivity index (χ0) is 15.4. The maximum Gasteiger partial charge on any atom is 0.317 e. The Morgan fingerprint density at radius 3 is 2.91 bits per heavy atom. The maximum absolute atomic E-state index is 12.3. The van der Waals surface area contributed by atoms with Gasteiger partial charge in [-0.3, -0.25) is 4.90 Å². The number of piperidine rings is 1. The number of likely N-dealkylation sites (tertiary alicyclic amines) is 2. The predicted octanol–water partition coefficient (Wildman–Crippen LogP) is 2.26. The summed E-state index contributed by atoms with van der Waals surface area (Å²) in [6.45, 7) is 6.89. The molecule has 2 saturated heterocycles. The third-order valence-corrected chi connectivity index (χ3v) is 5.65. The van der Waals surface area contributed by atoms with Gasteiger partial charge in [-0.15, -0.1) is 11.3 Å². The van der Waals surface area contributed by atoms with Crippen LogP contribution in [-0.2, 0) is 6.42 Å². The molecule has 0 aliphatic carbocycles. The summed E-state index contributed by atoms with van der Waals surface area (Å²) < 4.78 is 0. The normalized spacial score (nSPS) is 23.0. The molecule has 6 heteroatoms. The van der Waals surface area contributed by atoms with Crippen molar-refractivity contribution in [3.05, 3.63) is 16.1 Å². The number of amides is 2. The van der Waals surface area contributed by atoms with Crippen molar-refractivity contribution in [1.29, 1.82) is 0 Å². The van der Waals surface area contributed by atoms with Crippen LogP contribution in [0.2, 0.25) is 0 Å². The lowest BCUT2D eigenvalue weighted by Crippen LogP contribution is -2.52. The Kier molecular flexibility index (Phi) is 5.31. The lowest BCUT2D eigenvalue weighted by atomic mass is 10.0. The second-order valence-corrected chi connectivity index (χ2v) is 7.29. The van der Waals surface area contributed by atoms with Crippen LogP contribution in [0.1, 0.15) is 36.4 Å². The molecule has 22 heavy (non-hydrogen) atoms. The first kappa shape index (κ1) is 15.7. The Labute approximate surface area is 136 Å². The minimum atomic E-state index is 0.0946. The van der Waals surface area contributed by atoms with Crippen LogP contribution in [0.5, 0.6) is 0 Å². The summed E-state index contributed by atoms with van der Waals surface area (Å²) >= 11 is 1.67. The third-order valence-electron chi connectivity index (χ3n) is 4.62. The predicted molar refractivity (Wildman–Crippen MR) is 89.4 cm³/mol. The minimum Gasteiger partial charge on any atom is -0.338 e. The van der Waals surface area contributed by atoms with E-state index in [-0.39, 0.29) is 6.03 Å². The van der Waals surface area contributed by atoms with Gasteiger partial charge in [-0.25, -0.2) is 9.78 Å². The molecule has 3 rings (SSSR count). The molecule has 2 fully saturated rings. The van der Waals surface area contributed by atoms with E-state index in [1.54, 1.807) is 11.3 Å². The molecule has 0 radical (unpaired) electrons. The Morgan fingerprint density at radius 1 is 1.36 bits per heavy atom. The molecule has 1 unspecified atom stereocenters. The molecule has 5 nitrogen and oxygen atoms in total. The van der Waals surface area contributed by atoms with Crippen molar-refractivity contribution in [2.24, 2.45) is 0 Å². The van der Waals surface area contributed by atoms with Crippen molar-refractivity contribution < 1.29 is 4.79 Å². The number of thiazole rings is 1. The molecule has 2 aliphatic rings. The van der Waals surface area contributed by atoms with Gasteiger partial charge in [0.2, 0.25) is 0 Å². The maximum atomic E-state index is 12.3. The van der Waals surface area contributed by atoms with Gasteiger partial charge in [-0.2, -0.15) is 0 Å². The van der Waals surface area contributed by atoms with Gasteiger partial charge in [-0.1, -0.05) is 0 Å². The molecule has 0 saturated carbocycles. The number of aromatic nitrogens is 1. The minimum absolute atomic E-state index is 0.0946. The quantitative estimate of drug-likeness (QED) is 0.925. The van der Waals surface area contributed by atoms with E-state index in [4.69, 9.17) is 0 Å². The number of hydrogen-bond donors (Lipinski definition) is 1. The van der Waals surface area contributed by atoms with Crippen LogP contribution < -0.4 is 5.32 Å². The lowest BCUT2D eigenvalue weighted by molar-refractivity contribution is 0.125. The molecule has 1 aromatic rings. The highest BCUT2D eigenvalue weighted by Crippen LogP contribution is 2.20. The first-order chi connectivity index (χ1) is 10.7. The fraction of sp³-hybridized carbons (Fsp3) is 0.750. The van der Waals surface area contributed by atoms with Crippen LogP contribution in [0.3, 0.4) is 0 Å². The molecule has 0 spiro atoms. The molecule has 0 aromatic carbocycles. The van der Waals surface area contributed by atoms with Gasteiger partial charge in [0.05, 0.1) is 5.01 Å². The van der Waals surface area contributed by atoms with Crippen molar-refractivity contribution in [2.75, 3.05) is 32.7 Å². The van der Waals surface area contributed by atoms with Crippen LogP contribution in [0, 0.1) is 6.92 Å². The summed E-state index contributed by atoms with van der Waals surface area (Å²) in [5, 5.41) is 6.22. The number of carbonyl (C=O) groups excluding carboxylic acids is 1. The number of rotatable bonds is 4. The summed E-state index contributed by atoms with van der Waals surface area (Å²) in [4.78, 5) is 21.3. The highest BCUT2D eigenvalue weighted by Gasteiger charge is 2.29. The summed E-state index contributed by atoms with van der Waals surface area (Å²) in [5.74, 6) is 0. The molecule has 0 bridgehead atoms. The van der Waals surface area contributed by atoms with E-state index < -0.39 is 0 Å². The summed E-state index contributed by atoms with van der Waals surface area (Å²) in [7, 11) is 0. The summed E-state index contributed by atoms with van der Waals surface area (Å²) in [5.41, 5.74) is 1.07. The van der Waals surface area contributed by atoms with Gasteiger partial charge < -0.3 is 10.2 Å². The van der Waals surface area contributed by atoms with Gasteiger partial charge in [0.15, 0.2) is 0 Å². The molecule has 1 N–H and O–H groups in total. The molecular weight excluding hydrogens is 296 g/mol. The summed E-state index contributed by atoms with van der Waals surface area (Å²) in [6, 6.07) is 0.667. The van der Waals surface area contributed by atoms with Crippen molar-refractivity contribution in [1.82, 2.24) is 20.1 Å². The van der Waals surface area contributed by atoms with Gasteiger partial charge in [0.1, 0.15) is 0 Å². The number of nitrogens with one attached hydrogen (secondary N) is 1. The SMILES string of the molecule is Cc1csc(CCNC(=O)N2CCCC(N3CCCC3)C2)n1. The van der Waals surface area contributed by atoms with Gasteiger partial charge in [-0.05, 0) is 45.7 Å². The Morgan fingerprint density at radius 2 is 2.18 bits per heavy atom. The molecule has 3 heterocycles. The number of urea groups is 1. The van der Waals surface area contributed by atoms with E-state index in [1.807, 2.05) is 11.8 Å². The van der Waals surface area contributed by atoms with E-state index in [0.717, 1.165) is 36.6 Å². The van der Waals surface area contributed by atoms with Crippen molar-refractivity contribution in [3.8, 4) is 0 Å². The topological polar surface area (TPSA) is 48.5 Å². The average molecular weight is 322 g/mol. The van der Waals surface area contributed by atoms with Crippen molar-refractivity contribution in [2.45, 2.75) is 45.1 Å². The first-order valence-electron chi connectivity index (χ1n) is 8.40. The lowest BCUT2D eigenvalue weighted by Gasteiger charge is -2.37. The van der Waals surface area contributed by atoms with Crippen LogP contribution in [-0.4, -0.2) is 59.6 Å². The third kappa shape index (κ3) is 3.98. The van der Waals surface area contributed by atoms with Crippen molar-refractivity contribution in [3.63, 3.8) is 0 Å². The van der Waals surface area contributed by atoms with E-state index in [2.05, 4.69) is 20.6 Å². The van der Waals surface area contributed by atoms with Gasteiger partial charge in [0.25, 0.3) is 0 Å². The fourth-order valence-corrected chi connectivity index (χ4v) is 4.23. The van der Waals surface area contributed by atoms with E-state index in [9.17, 15) is 4.79 Å². The van der Waals surface area contributed by atoms with E-state index in [0.29, 0.717) is 12.6 Å². The fourth-order valence-electron chi connectivity index (χ4n) is 3.45. The van der Waals surface area contributed by atoms with Gasteiger partial charge >= 0.3 is 6.03 Å². The molecule has 1 atom stereocenters. The largest absolute Gasteiger partial charge is 0.338 e. The van der Waals surface area contributed by atoms with E-state index >= 15 is 0 Å². The monoisotopic (exact) mass is 322 g/mol. The second kappa shape index (κ2) is 7.42. The number of aryl methyl sites for hydroxylation is 1. The van der Waals surface area contributed by atoms with Crippen LogP contribution in [0.15, 0.2) is 5.38 Å². The van der Waals surface area contributed by atoms with Crippen LogP contribution in [0.4, 0.5) is 4.79 Å². The van der Waals surface area contributed by atoms with Gasteiger partial charge in [0, 0.05) is 43.2 Å². The highest BCUT2D eigenvalue weighted by atomic mass is 32.1. The molecule has 1 aromatic heterocycles. The number of nitrogens with zero attached hydrogens (tertiary/aromatic N) is 3. The zero-order valence-corrected chi connectivity index (χ0v) is 14.2. The second-order valence-electron chi connectivity index (χ2n) is 6.35. The Hall–Kier alpha value is -1.14. The number of carbonyl (C=O) groups is 1. The number of hydrogen-bond acceptors (Lipinski definition) is 4. The summed E-state index contributed by atoms with van der Waals surface area (Å²) in [6.07, 6.45) is 5.82. The molecule has 2 amide bonds. The Bertz CT molecular complexity index is 498. The van der Waals surface area contributed by atoms with Crippen LogP contribution in [0.25, 0.3) is 0 Å². The molecule has 122 valence electrons. The highest BCUT2D eigenvalue weighted by molar-refractivity contribution is 7.09. The van der Waals surface area contributed by atoms with Crippen LogP contribution >= 0.6 is 11.3 Å². The van der Waals surface area contributed by atoms with Crippen molar-refractivity contribution >= 4 is 17.4 Å². The smallest absolute Gasteiger partial charge is 0.317 e. The standard InChI is InChI=1S/C16H26N4OS/c1-13-12-22-15(18-13)6-7-17-16(21)20-10-4-5-14(11-20)19-8-2-3-9-19/h12,14H,2-11H2,1H3,(H,17,21). The molecule has 2 aliphatic heterocycles. The zero-order valence-electron chi connectivity index (χ0n) is 13.4.